The molecule has 0 unspecified atom stereocenters. The van der Waals surface area contributed by atoms with Crippen molar-refractivity contribution >= 4 is 45.0 Å². The summed E-state index contributed by atoms with van der Waals surface area (Å²) in [6.07, 6.45) is 2.71. The highest BCUT2D eigenvalue weighted by molar-refractivity contribution is 7.91. The predicted molar refractivity (Wildman–Crippen MR) is 189 cm³/mol. The van der Waals surface area contributed by atoms with Crippen LogP contribution in [0.25, 0.3) is 0 Å². The number of nitrogens with zero attached hydrogens (tertiary/aromatic N) is 1. The Kier molecular flexibility index (Phi) is 9.47. The van der Waals surface area contributed by atoms with Crippen LogP contribution in [0.1, 0.15) is 51.2 Å². The highest BCUT2D eigenvalue weighted by Crippen LogP contribution is 2.45. The lowest BCUT2D eigenvalue weighted by Gasteiger charge is -2.41. The normalized spacial score (nSPS) is 22.1. The van der Waals surface area contributed by atoms with Crippen molar-refractivity contribution in [3.8, 4) is 11.5 Å². The first-order chi connectivity index (χ1) is 23.6. The largest absolute Gasteiger partial charge is 0.457 e. The number of hydrogen-bond acceptors (Lipinski definition) is 7. The van der Waals surface area contributed by atoms with Crippen LogP contribution in [0.3, 0.4) is 0 Å². The summed E-state index contributed by atoms with van der Waals surface area (Å²) in [4.78, 5) is 43.9. The van der Waals surface area contributed by atoms with Crippen molar-refractivity contribution in [2.75, 3.05) is 5.32 Å². The van der Waals surface area contributed by atoms with Crippen molar-refractivity contribution in [1.82, 2.24) is 14.9 Å². The maximum Gasteiger partial charge on any atom is 0.259 e. The zero-order valence-electron chi connectivity index (χ0n) is 28.0. The van der Waals surface area contributed by atoms with E-state index in [1.54, 1.807) is 42.5 Å². The van der Waals surface area contributed by atoms with Crippen molar-refractivity contribution in [2.24, 2.45) is 11.3 Å². The summed E-state index contributed by atoms with van der Waals surface area (Å²) in [7, 11) is -3.88. The number of halogens is 2. The van der Waals surface area contributed by atoms with Gasteiger partial charge in [0, 0.05) is 29.6 Å². The molecule has 0 spiro atoms. The molecular formula is C37H40ClFN4O6S. The van der Waals surface area contributed by atoms with Crippen LogP contribution in [0.4, 0.5) is 10.1 Å². The van der Waals surface area contributed by atoms with Gasteiger partial charge >= 0.3 is 0 Å². The van der Waals surface area contributed by atoms with E-state index in [2.05, 4.69) is 21.9 Å². The molecule has 13 heteroatoms. The molecule has 2 aliphatic carbocycles. The van der Waals surface area contributed by atoms with Gasteiger partial charge in [0.25, 0.3) is 5.91 Å². The smallest absolute Gasteiger partial charge is 0.259 e. The number of carbonyl (C=O) groups excluding carboxylic acids is 3. The van der Waals surface area contributed by atoms with Gasteiger partial charge in [-0.3, -0.25) is 19.1 Å². The van der Waals surface area contributed by atoms with E-state index in [0.717, 1.165) is 11.1 Å². The molecule has 2 fully saturated rings. The molecule has 6 rings (SSSR count). The van der Waals surface area contributed by atoms with E-state index >= 15 is 0 Å². The van der Waals surface area contributed by atoms with Gasteiger partial charge < -0.3 is 20.3 Å². The summed E-state index contributed by atoms with van der Waals surface area (Å²) >= 11 is 6.14. The third-order valence-corrected chi connectivity index (χ3v) is 11.5. The van der Waals surface area contributed by atoms with Gasteiger partial charge in [-0.2, -0.15) is 0 Å². The van der Waals surface area contributed by atoms with Crippen LogP contribution < -0.4 is 20.1 Å². The molecule has 0 aromatic heterocycles. The van der Waals surface area contributed by atoms with E-state index in [4.69, 9.17) is 16.3 Å². The first-order valence-corrected chi connectivity index (χ1v) is 18.4. The van der Waals surface area contributed by atoms with E-state index in [1.165, 1.54) is 23.1 Å². The van der Waals surface area contributed by atoms with Crippen LogP contribution in [0.5, 0.6) is 11.5 Å². The minimum atomic E-state index is -3.88. The van der Waals surface area contributed by atoms with Crippen LogP contribution in [-0.4, -0.2) is 53.9 Å². The fourth-order valence-electron chi connectivity index (χ4n) is 6.30. The van der Waals surface area contributed by atoms with Crippen LogP contribution in [0.15, 0.2) is 79.4 Å². The van der Waals surface area contributed by atoms with E-state index in [0.29, 0.717) is 35.1 Å². The molecule has 4 atom stereocenters. The number of amides is 3. The molecule has 10 nitrogen and oxygen atoms in total. The Morgan fingerprint density at radius 1 is 1.04 bits per heavy atom. The average Bonchev–Trinajstić information content (AvgIpc) is 3.99. The summed E-state index contributed by atoms with van der Waals surface area (Å²) in [5.74, 6) is -1.69. The fraction of sp³-hybridized carbons (Fsp3) is 0.378. The Labute approximate surface area is 296 Å². The van der Waals surface area contributed by atoms with Gasteiger partial charge in [0.05, 0.1) is 5.25 Å². The van der Waals surface area contributed by atoms with Gasteiger partial charge in [0.1, 0.15) is 34.9 Å². The van der Waals surface area contributed by atoms with Gasteiger partial charge in [0.2, 0.25) is 21.8 Å². The lowest BCUT2D eigenvalue weighted by atomic mass is 9.84. The molecular weight excluding hydrogens is 683 g/mol. The molecule has 3 amide bonds. The Morgan fingerprint density at radius 3 is 2.36 bits per heavy atom. The van der Waals surface area contributed by atoms with Gasteiger partial charge in [0.15, 0.2) is 0 Å². The number of ether oxygens (including phenoxy) is 1. The van der Waals surface area contributed by atoms with Crippen LogP contribution in [0, 0.1) is 17.2 Å². The molecule has 1 heterocycles. The van der Waals surface area contributed by atoms with Crippen LogP contribution in [0.2, 0.25) is 5.02 Å². The van der Waals surface area contributed by atoms with Gasteiger partial charge in [-0.05, 0) is 90.4 Å². The molecule has 3 aliphatic rings. The molecule has 1 aliphatic heterocycles. The summed E-state index contributed by atoms with van der Waals surface area (Å²) in [6.45, 7) is 9.51. The standard InChI is InChI=1S/C37H40ClFN4O6S/c1-5-24-20-37(24,35(46)42-50(47,48)30-15-16-30)41-33(44)31-18-23-17-29(49-28-8-6-7-25(38)19-28)14-9-22(23)21-43(31)34(45)32(36(2,3)4)40-27-12-10-26(39)11-13-27/h5-14,17,19,24,30-32,40H,1,15-16,18,20-21H2,2-4H3,(H,41,44)(H,42,46)/t24-,31+,32-,37-/m1/s1. The minimum absolute atomic E-state index is 0.0710. The molecule has 2 saturated carbocycles. The Morgan fingerprint density at radius 2 is 1.74 bits per heavy atom. The second-order valence-electron chi connectivity index (χ2n) is 14.3. The number of rotatable bonds is 11. The Hall–Kier alpha value is -4.42. The van der Waals surface area contributed by atoms with Crippen LogP contribution in [-0.2, 0) is 37.4 Å². The SMILES string of the molecule is C=C[C@@H]1C[C@]1(NC(=O)[C@@H]1Cc2cc(Oc3cccc(Cl)c3)ccc2CN1C(=O)[C@@H](Nc1ccc(F)cc1)C(C)(C)C)C(=O)NS(=O)(=O)C1CC1. The van der Waals surface area contributed by atoms with Crippen molar-refractivity contribution in [1.29, 1.82) is 0 Å². The third-order valence-electron chi connectivity index (χ3n) is 9.44. The van der Waals surface area contributed by atoms with E-state index in [-0.39, 0.29) is 25.3 Å². The molecule has 3 aromatic rings. The van der Waals surface area contributed by atoms with Crippen molar-refractivity contribution < 1.29 is 31.9 Å². The third kappa shape index (κ3) is 7.51. The van der Waals surface area contributed by atoms with Crippen molar-refractivity contribution in [2.45, 2.75) is 75.9 Å². The average molecular weight is 723 g/mol. The zero-order chi connectivity index (χ0) is 36.0. The number of fused-ring (bicyclic) bond motifs is 1. The zero-order valence-corrected chi connectivity index (χ0v) is 29.6. The van der Waals surface area contributed by atoms with Gasteiger partial charge in [-0.1, -0.05) is 50.6 Å². The quantitative estimate of drug-likeness (QED) is 0.216. The second-order valence-corrected chi connectivity index (χ2v) is 16.7. The first-order valence-electron chi connectivity index (χ1n) is 16.5. The second kappa shape index (κ2) is 13.4. The number of anilines is 1. The van der Waals surface area contributed by atoms with Crippen LogP contribution >= 0.6 is 11.6 Å². The lowest BCUT2D eigenvalue weighted by molar-refractivity contribution is -0.145. The summed E-state index contributed by atoms with van der Waals surface area (Å²) in [5, 5.41) is 5.96. The number of nitrogens with one attached hydrogen (secondary N) is 3. The van der Waals surface area contributed by atoms with E-state index in [9.17, 15) is 27.2 Å². The maximum absolute atomic E-state index is 14.6. The Bertz CT molecular complexity index is 1950. The first kappa shape index (κ1) is 35.4. The topological polar surface area (TPSA) is 134 Å². The molecule has 264 valence electrons. The Balaban J connectivity index is 1.32. The molecule has 3 N–H and O–H groups in total. The lowest BCUT2D eigenvalue weighted by Crippen LogP contribution is -2.61. The fourth-order valence-corrected chi connectivity index (χ4v) is 7.85. The number of hydrogen-bond donors (Lipinski definition) is 3. The molecule has 0 bridgehead atoms. The van der Waals surface area contributed by atoms with Gasteiger partial charge in [-0.25, -0.2) is 12.8 Å². The number of carbonyl (C=O) groups is 3. The number of benzene rings is 3. The summed E-state index contributed by atoms with van der Waals surface area (Å²) in [6, 6.07) is 16.1. The molecule has 3 aromatic carbocycles. The summed E-state index contributed by atoms with van der Waals surface area (Å²) in [5.41, 5.74) is -0.0833. The number of sulfonamides is 1. The molecule has 50 heavy (non-hydrogen) atoms. The van der Waals surface area contributed by atoms with Gasteiger partial charge in [-0.15, -0.1) is 6.58 Å². The maximum atomic E-state index is 14.6. The predicted octanol–water partition coefficient (Wildman–Crippen LogP) is 5.72. The van der Waals surface area contributed by atoms with Crippen molar-refractivity contribution in [3.05, 3.63) is 101 Å². The highest BCUT2D eigenvalue weighted by Gasteiger charge is 2.61. The molecule has 0 saturated heterocycles. The summed E-state index contributed by atoms with van der Waals surface area (Å²) < 4.78 is 47.3. The van der Waals surface area contributed by atoms with E-state index < -0.39 is 61.9 Å². The van der Waals surface area contributed by atoms with Crippen molar-refractivity contribution in [3.63, 3.8) is 0 Å². The monoisotopic (exact) mass is 722 g/mol. The molecule has 0 radical (unpaired) electrons. The van der Waals surface area contributed by atoms with E-state index in [1.807, 2.05) is 32.9 Å². The minimum Gasteiger partial charge on any atom is -0.457 e. The highest BCUT2D eigenvalue weighted by atomic mass is 35.5.